The minimum Gasteiger partial charge on any atom is -0.507 e. The molecule has 1 aromatic rings. The molecule has 0 aliphatic heterocycles. The van der Waals surface area contributed by atoms with Crippen molar-refractivity contribution in [2.45, 2.75) is 19.6 Å². The third kappa shape index (κ3) is 4.23. The van der Waals surface area contributed by atoms with Crippen molar-refractivity contribution in [3.05, 3.63) is 18.2 Å². The van der Waals surface area contributed by atoms with E-state index in [1.807, 2.05) is 6.07 Å². The molecule has 0 aliphatic rings. The highest BCUT2D eigenvalue weighted by Gasteiger charge is 2.14. The maximum Gasteiger partial charge on any atom is 0.123 e. The van der Waals surface area contributed by atoms with Crippen molar-refractivity contribution in [2.75, 3.05) is 12.9 Å². The number of phenolic OH excluding ortho intramolecular Hbond substituents is 1. The van der Waals surface area contributed by atoms with Gasteiger partial charge >= 0.3 is 0 Å². The Morgan fingerprint density at radius 2 is 2.00 bits per heavy atom. The van der Waals surface area contributed by atoms with Crippen LogP contribution in [0.5, 0.6) is 11.5 Å². The fraction of sp³-hybridized carbons (Fsp3) is 0.455. The molecule has 0 heterocycles. The predicted molar refractivity (Wildman–Crippen MR) is 70.8 cm³/mol. The molecule has 1 aromatic carbocycles. The molecule has 0 amide bonds. The molecular formula is C11H19O2PSi. The van der Waals surface area contributed by atoms with E-state index in [4.69, 9.17) is 4.74 Å². The number of ether oxygens (including phenoxy) is 1. The zero-order chi connectivity index (χ0) is 11.5. The van der Waals surface area contributed by atoms with Crippen molar-refractivity contribution in [3.8, 4) is 11.5 Å². The van der Waals surface area contributed by atoms with Crippen LogP contribution in [0.2, 0.25) is 19.6 Å². The molecule has 0 aliphatic carbocycles. The Balaban J connectivity index is 2.75. The molecule has 0 saturated carbocycles. The second kappa shape index (κ2) is 5.00. The van der Waals surface area contributed by atoms with Crippen LogP contribution >= 0.6 is 8.58 Å². The van der Waals surface area contributed by atoms with Gasteiger partial charge in [-0.2, -0.15) is 0 Å². The summed E-state index contributed by atoms with van der Waals surface area (Å²) in [5.41, 5.74) is 0. The summed E-state index contributed by atoms with van der Waals surface area (Å²) in [4.78, 5) is 0. The third-order valence-corrected chi connectivity index (χ3v) is 7.74. The molecule has 0 bridgehead atoms. The van der Waals surface area contributed by atoms with Gasteiger partial charge in [0.25, 0.3) is 0 Å². The average molecular weight is 242 g/mol. The first-order valence-corrected chi connectivity index (χ1v) is 9.95. The van der Waals surface area contributed by atoms with Gasteiger partial charge in [-0.05, 0) is 24.0 Å². The van der Waals surface area contributed by atoms with E-state index in [1.54, 1.807) is 19.2 Å². The molecular weight excluding hydrogens is 223 g/mol. The second-order valence-corrected chi connectivity index (χ2v) is 12.2. The molecule has 0 saturated heterocycles. The van der Waals surface area contributed by atoms with Gasteiger partial charge in [0.15, 0.2) is 0 Å². The summed E-state index contributed by atoms with van der Waals surface area (Å²) in [5.74, 6) is 2.44. The molecule has 2 nitrogen and oxygen atoms in total. The van der Waals surface area contributed by atoms with Crippen LogP contribution in [0.15, 0.2) is 18.2 Å². The van der Waals surface area contributed by atoms with Crippen LogP contribution in [0.3, 0.4) is 0 Å². The topological polar surface area (TPSA) is 29.5 Å². The van der Waals surface area contributed by atoms with Gasteiger partial charge in [0.1, 0.15) is 11.5 Å². The van der Waals surface area contributed by atoms with E-state index in [0.717, 1.165) is 11.1 Å². The number of benzene rings is 1. The summed E-state index contributed by atoms with van der Waals surface area (Å²) < 4.78 is 5.15. The SMILES string of the molecule is COc1ccc(O)c(PC[Si](C)(C)C)c1. The molecule has 1 unspecified atom stereocenters. The van der Waals surface area contributed by atoms with E-state index in [-0.39, 0.29) is 0 Å². The first-order chi connectivity index (χ1) is 6.92. The van der Waals surface area contributed by atoms with Crippen molar-refractivity contribution < 1.29 is 9.84 Å². The summed E-state index contributed by atoms with van der Waals surface area (Å²) in [6, 6.07) is 5.44. The van der Waals surface area contributed by atoms with Crippen molar-refractivity contribution in [3.63, 3.8) is 0 Å². The van der Waals surface area contributed by atoms with Gasteiger partial charge in [-0.1, -0.05) is 28.2 Å². The Labute approximate surface area is 94.5 Å². The van der Waals surface area contributed by atoms with Gasteiger partial charge < -0.3 is 9.84 Å². The van der Waals surface area contributed by atoms with Gasteiger partial charge in [-0.25, -0.2) is 0 Å². The van der Waals surface area contributed by atoms with Gasteiger partial charge in [0, 0.05) is 13.4 Å². The van der Waals surface area contributed by atoms with E-state index in [9.17, 15) is 5.11 Å². The fourth-order valence-electron chi connectivity index (χ4n) is 1.14. The summed E-state index contributed by atoms with van der Waals surface area (Å²) >= 11 is 0. The molecule has 0 aromatic heterocycles. The van der Waals surface area contributed by atoms with Crippen LogP contribution in [0.25, 0.3) is 0 Å². The minimum atomic E-state index is -1.03. The van der Waals surface area contributed by atoms with E-state index in [1.165, 1.54) is 5.79 Å². The first kappa shape index (κ1) is 12.5. The van der Waals surface area contributed by atoms with Gasteiger partial charge in [-0.3, -0.25) is 0 Å². The standard InChI is InChI=1S/C11H19O2PSi/c1-13-9-5-6-10(12)11(7-9)14-8-15(2,3)4/h5-7,12,14H,8H2,1-4H3. The Morgan fingerprint density at radius 3 is 2.53 bits per heavy atom. The summed E-state index contributed by atoms with van der Waals surface area (Å²) in [6.07, 6.45) is 0. The van der Waals surface area contributed by atoms with Crippen molar-refractivity contribution >= 4 is 22.0 Å². The maximum atomic E-state index is 9.69. The maximum absolute atomic E-state index is 9.69. The van der Waals surface area contributed by atoms with Crippen LogP contribution in [0.4, 0.5) is 0 Å². The first-order valence-electron chi connectivity index (χ1n) is 5.03. The number of phenols is 1. The van der Waals surface area contributed by atoms with Crippen LogP contribution in [0, 0.1) is 0 Å². The number of hydrogen-bond acceptors (Lipinski definition) is 2. The molecule has 0 fully saturated rings. The van der Waals surface area contributed by atoms with E-state index in [0.29, 0.717) is 14.3 Å². The lowest BCUT2D eigenvalue weighted by Crippen LogP contribution is -2.24. The summed E-state index contributed by atoms with van der Waals surface area (Å²) in [5, 5.41) is 10.7. The third-order valence-electron chi connectivity index (χ3n) is 2.01. The number of hydrogen-bond donors (Lipinski definition) is 1. The van der Waals surface area contributed by atoms with Crippen LogP contribution in [-0.2, 0) is 0 Å². The lowest BCUT2D eigenvalue weighted by Gasteiger charge is -2.16. The Bertz CT molecular complexity index is 334. The summed E-state index contributed by atoms with van der Waals surface area (Å²) in [6.45, 7) is 7.03. The Morgan fingerprint density at radius 1 is 1.33 bits per heavy atom. The van der Waals surface area contributed by atoms with Crippen molar-refractivity contribution in [2.24, 2.45) is 0 Å². The zero-order valence-electron chi connectivity index (χ0n) is 9.79. The van der Waals surface area contributed by atoms with Crippen LogP contribution in [0.1, 0.15) is 0 Å². The monoisotopic (exact) mass is 242 g/mol. The Hall–Kier alpha value is -0.533. The van der Waals surface area contributed by atoms with Gasteiger partial charge in [0.2, 0.25) is 0 Å². The van der Waals surface area contributed by atoms with E-state index >= 15 is 0 Å². The number of methoxy groups -OCH3 is 1. The summed E-state index contributed by atoms with van der Waals surface area (Å²) in [7, 11) is 1.31. The van der Waals surface area contributed by atoms with Crippen molar-refractivity contribution in [1.82, 2.24) is 0 Å². The molecule has 1 rings (SSSR count). The van der Waals surface area contributed by atoms with E-state index in [2.05, 4.69) is 19.6 Å². The van der Waals surface area contributed by atoms with Gasteiger partial charge in [0.05, 0.1) is 7.11 Å². The quantitative estimate of drug-likeness (QED) is 0.649. The van der Waals surface area contributed by atoms with Gasteiger partial charge in [-0.15, -0.1) is 0 Å². The number of aromatic hydroxyl groups is 1. The average Bonchev–Trinajstić information content (AvgIpc) is 2.15. The zero-order valence-corrected chi connectivity index (χ0v) is 11.8. The fourth-order valence-corrected chi connectivity index (χ4v) is 4.54. The second-order valence-electron chi connectivity index (χ2n) is 4.80. The molecule has 4 heteroatoms. The number of rotatable bonds is 4. The lowest BCUT2D eigenvalue weighted by atomic mass is 10.3. The molecule has 0 spiro atoms. The molecule has 1 N–H and O–H groups in total. The normalized spacial score (nSPS) is 12.3. The largest absolute Gasteiger partial charge is 0.507 e. The lowest BCUT2D eigenvalue weighted by molar-refractivity contribution is 0.413. The van der Waals surface area contributed by atoms with Crippen LogP contribution < -0.4 is 10.0 Å². The highest BCUT2D eigenvalue weighted by atomic mass is 31.1. The van der Waals surface area contributed by atoms with Crippen molar-refractivity contribution in [1.29, 1.82) is 0 Å². The molecule has 0 radical (unpaired) electrons. The highest BCUT2D eigenvalue weighted by Crippen LogP contribution is 2.25. The molecule has 1 atom stereocenters. The Kier molecular flexibility index (Phi) is 4.18. The molecule has 15 heavy (non-hydrogen) atoms. The van der Waals surface area contributed by atoms with E-state index < -0.39 is 8.07 Å². The predicted octanol–water partition coefficient (Wildman–Crippen LogP) is 2.58. The highest BCUT2D eigenvalue weighted by molar-refractivity contribution is 7.50. The molecule has 84 valence electrons. The van der Waals surface area contributed by atoms with Crippen LogP contribution in [-0.4, -0.2) is 26.1 Å². The smallest absolute Gasteiger partial charge is 0.123 e. The minimum absolute atomic E-state index is 0.396.